The second-order valence-corrected chi connectivity index (χ2v) is 9.14. The van der Waals surface area contributed by atoms with Crippen LogP contribution in [0.1, 0.15) is 35.0 Å². The largest absolute Gasteiger partial charge is 0.381 e. The molecule has 2 aromatic rings. The predicted octanol–water partition coefficient (Wildman–Crippen LogP) is 3.37. The second kappa shape index (κ2) is 10.8. The molecule has 0 spiro atoms. The number of rotatable bonds is 6. The fraction of sp³-hybridized carbons (Fsp3) is 0.458. The summed E-state index contributed by atoms with van der Waals surface area (Å²) in [4.78, 5) is 35.1. The van der Waals surface area contributed by atoms with Crippen LogP contribution in [0, 0.1) is 5.92 Å². The maximum Gasteiger partial charge on any atom is 0.265 e. The molecule has 0 atom stereocenters. The van der Waals surface area contributed by atoms with E-state index in [-0.39, 0.29) is 11.8 Å². The van der Waals surface area contributed by atoms with Gasteiger partial charge in [0.2, 0.25) is 0 Å². The van der Waals surface area contributed by atoms with Crippen LogP contribution in [0.2, 0.25) is 0 Å². The highest BCUT2D eigenvalue weighted by Crippen LogP contribution is 2.26. The van der Waals surface area contributed by atoms with Crippen LogP contribution in [-0.2, 0) is 9.53 Å². The number of amides is 2. The van der Waals surface area contributed by atoms with Crippen molar-refractivity contribution in [3.63, 3.8) is 0 Å². The van der Waals surface area contributed by atoms with Crippen molar-refractivity contribution in [2.24, 2.45) is 5.92 Å². The van der Waals surface area contributed by atoms with E-state index in [2.05, 4.69) is 28.2 Å². The number of carbonyl (C=O) groups excluding carboxylic acids is 2. The molecular formula is C24H30N4O3S. The van der Waals surface area contributed by atoms with Crippen LogP contribution in [0.4, 0.5) is 5.13 Å². The number of ether oxygens (including phenoxy) is 1. The van der Waals surface area contributed by atoms with Crippen LogP contribution in [0.25, 0.3) is 5.57 Å². The van der Waals surface area contributed by atoms with Crippen molar-refractivity contribution in [1.29, 1.82) is 0 Å². The maximum absolute atomic E-state index is 13.2. The SMILES string of the molecule is CCN1CCN(C(=O)c2cnc(NC(=O)C(=CC3CCOCC3)c3ccccc3)s2)CC1. The first-order chi connectivity index (χ1) is 15.6. The zero-order valence-electron chi connectivity index (χ0n) is 18.5. The van der Waals surface area contributed by atoms with E-state index >= 15 is 0 Å². The van der Waals surface area contributed by atoms with E-state index in [0.717, 1.165) is 64.3 Å². The Labute approximate surface area is 193 Å². The average molecular weight is 455 g/mol. The van der Waals surface area contributed by atoms with Crippen molar-refractivity contribution < 1.29 is 14.3 Å². The molecule has 2 amide bonds. The van der Waals surface area contributed by atoms with Crippen molar-refractivity contribution in [1.82, 2.24) is 14.8 Å². The molecule has 1 N–H and O–H groups in total. The molecule has 8 heteroatoms. The minimum atomic E-state index is -0.201. The molecule has 170 valence electrons. The van der Waals surface area contributed by atoms with E-state index in [0.29, 0.717) is 21.5 Å². The van der Waals surface area contributed by atoms with E-state index in [1.54, 1.807) is 6.20 Å². The number of thiazole rings is 1. The second-order valence-electron chi connectivity index (χ2n) is 8.11. The van der Waals surface area contributed by atoms with Gasteiger partial charge in [-0.15, -0.1) is 0 Å². The van der Waals surface area contributed by atoms with Crippen molar-refractivity contribution in [3.8, 4) is 0 Å². The summed E-state index contributed by atoms with van der Waals surface area (Å²) in [5.74, 6) is 0.0901. The molecule has 32 heavy (non-hydrogen) atoms. The average Bonchev–Trinajstić information content (AvgIpc) is 3.31. The summed E-state index contributed by atoms with van der Waals surface area (Å²) in [5.41, 5.74) is 1.51. The van der Waals surface area contributed by atoms with Gasteiger partial charge in [-0.25, -0.2) is 4.98 Å². The van der Waals surface area contributed by atoms with E-state index in [4.69, 9.17) is 4.74 Å². The Morgan fingerprint density at radius 1 is 1.16 bits per heavy atom. The molecule has 7 nitrogen and oxygen atoms in total. The zero-order chi connectivity index (χ0) is 22.3. The van der Waals surface area contributed by atoms with Crippen LogP contribution >= 0.6 is 11.3 Å². The molecule has 0 radical (unpaired) electrons. The highest BCUT2D eigenvalue weighted by Gasteiger charge is 2.24. The summed E-state index contributed by atoms with van der Waals surface area (Å²) in [6, 6.07) is 9.68. The minimum Gasteiger partial charge on any atom is -0.381 e. The van der Waals surface area contributed by atoms with Crippen molar-refractivity contribution in [3.05, 3.63) is 53.0 Å². The van der Waals surface area contributed by atoms with Gasteiger partial charge >= 0.3 is 0 Å². The molecule has 2 fully saturated rings. The molecule has 1 aromatic carbocycles. The summed E-state index contributed by atoms with van der Waals surface area (Å²) in [5, 5.41) is 3.36. The number of piperazine rings is 1. The Bertz CT molecular complexity index is 945. The van der Waals surface area contributed by atoms with Gasteiger partial charge in [-0.2, -0.15) is 0 Å². The number of benzene rings is 1. The summed E-state index contributed by atoms with van der Waals surface area (Å²) in [6.45, 7) is 7.80. The van der Waals surface area contributed by atoms with E-state index < -0.39 is 0 Å². The molecule has 0 aliphatic carbocycles. The van der Waals surface area contributed by atoms with Crippen LogP contribution < -0.4 is 5.32 Å². The van der Waals surface area contributed by atoms with E-state index in [1.807, 2.05) is 35.2 Å². The van der Waals surface area contributed by atoms with Crippen LogP contribution in [0.3, 0.4) is 0 Å². The van der Waals surface area contributed by atoms with Gasteiger partial charge in [-0.05, 0) is 30.9 Å². The van der Waals surface area contributed by atoms with Crippen LogP contribution in [0.5, 0.6) is 0 Å². The number of carbonyl (C=O) groups is 2. The third-order valence-corrected chi connectivity index (χ3v) is 6.94. The van der Waals surface area contributed by atoms with Gasteiger partial charge in [0.1, 0.15) is 4.88 Å². The lowest BCUT2D eigenvalue weighted by molar-refractivity contribution is -0.111. The van der Waals surface area contributed by atoms with Gasteiger partial charge in [0.25, 0.3) is 11.8 Å². The molecule has 4 rings (SSSR count). The first kappa shape index (κ1) is 22.6. The summed E-state index contributed by atoms with van der Waals surface area (Å²) in [7, 11) is 0. The topological polar surface area (TPSA) is 74.8 Å². The van der Waals surface area contributed by atoms with Gasteiger partial charge in [-0.1, -0.05) is 54.7 Å². The maximum atomic E-state index is 13.2. The molecule has 2 aliphatic heterocycles. The van der Waals surface area contributed by atoms with Gasteiger partial charge in [-0.3, -0.25) is 14.9 Å². The Morgan fingerprint density at radius 2 is 1.88 bits per heavy atom. The van der Waals surface area contributed by atoms with Crippen molar-refractivity contribution in [2.75, 3.05) is 51.3 Å². The van der Waals surface area contributed by atoms with Crippen molar-refractivity contribution in [2.45, 2.75) is 19.8 Å². The highest BCUT2D eigenvalue weighted by atomic mass is 32.1. The monoisotopic (exact) mass is 454 g/mol. The van der Waals surface area contributed by atoms with Crippen molar-refractivity contribution >= 4 is 33.9 Å². The molecule has 2 aliphatic rings. The zero-order valence-corrected chi connectivity index (χ0v) is 19.3. The third kappa shape index (κ3) is 5.62. The molecule has 0 unspecified atom stereocenters. The predicted molar refractivity (Wildman–Crippen MR) is 127 cm³/mol. The van der Waals surface area contributed by atoms with Gasteiger partial charge in [0.15, 0.2) is 5.13 Å². The number of likely N-dealkylation sites (N-methyl/N-ethyl adjacent to an activating group) is 1. The molecule has 0 bridgehead atoms. The smallest absolute Gasteiger partial charge is 0.265 e. The quantitative estimate of drug-likeness (QED) is 0.678. The Kier molecular flexibility index (Phi) is 7.68. The number of allylic oxidation sites excluding steroid dienone is 1. The van der Waals surface area contributed by atoms with Gasteiger partial charge < -0.3 is 14.5 Å². The minimum absolute atomic E-state index is 0.0141. The number of nitrogens with one attached hydrogen (secondary N) is 1. The van der Waals surface area contributed by atoms with Gasteiger partial charge in [0.05, 0.1) is 6.20 Å². The summed E-state index contributed by atoms with van der Waals surface area (Å²) < 4.78 is 5.45. The summed E-state index contributed by atoms with van der Waals surface area (Å²) >= 11 is 1.23. The first-order valence-corrected chi connectivity index (χ1v) is 12.1. The number of anilines is 1. The number of aromatic nitrogens is 1. The fourth-order valence-corrected chi connectivity index (χ4v) is 4.84. The number of hydrogen-bond acceptors (Lipinski definition) is 6. The lowest BCUT2D eigenvalue weighted by Crippen LogP contribution is -2.48. The standard InChI is InChI=1S/C24H30N4O3S/c1-2-27-10-12-28(13-11-27)23(30)21-17-25-24(32-21)26-22(29)20(19-6-4-3-5-7-19)16-18-8-14-31-15-9-18/h3-7,16-18H,2,8-15H2,1H3,(H,25,26,29). The van der Waals surface area contributed by atoms with Crippen LogP contribution in [0.15, 0.2) is 42.6 Å². The molecule has 2 saturated heterocycles. The molecular weight excluding hydrogens is 424 g/mol. The normalized spacial score (nSPS) is 18.5. The fourth-order valence-electron chi connectivity index (χ4n) is 4.06. The van der Waals surface area contributed by atoms with E-state index in [1.165, 1.54) is 11.3 Å². The molecule has 1 aromatic heterocycles. The van der Waals surface area contributed by atoms with E-state index in [9.17, 15) is 9.59 Å². The molecule has 0 saturated carbocycles. The number of nitrogens with zero attached hydrogens (tertiary/aromatic N) is 3. The number of hydrogen-bond donors (Lipinski definition) is 1. The first-order valence-electron chi connectivity index (χ1n) is 11.3. The third-order valence-electron chi connectivity index (χ3n) is 6.04. The lowest BCUT2D eigenvalue weighted by atomic mass is 9.94. The lowest BCUT2D eigenvalue weighted by Gasteiger charge is -2.33. The highest BCUT2D eigenvalue weighted by molar-refractivity contribution is 7.17. The Hall–Kier alpha value is -2.55. The Morgan fingerprint density at radius 3 is 2.56 bits per heavy atom. The molecule has 3 heterocycles. The summed E-state index contributed by atoms with van der Waals surface area (Å²) in [6.07, 6.45) is 5.44. The van der Waals surface area contributed by atoms with Gasteiger partial charge in [0, 0.05) is 45.0 Å². The Balaban J connectivity index is 1.45. The van der Waals surface area contributed by atoms with Crippen LogP contribution in [-0.4, -0.2) is 72.5 Å².